The third kappa shape index (κ3) is 3.65. The number of ether oxygens (including phenoxy) is 1. The highest BCUT2D eigenvalue weighted by Gasteiger charge is 2.16. The van der Waals surface area contributed by atoms with Crippen LogP contribution in [0.15, 0.2) is 47.4 Å². The Morgan fingerprint density at radius 2 is 2.10 bits per heavy atom. The number of para-hydroxylation sites is 1. The lowest BCUT2D eigenvalue weighted by atomic mass is 10.2. The standard InChI is InChI=1S/C14H15N3O3S/c1-20-11-5-3-6-12(8-11)21-9-10-4-2-7-13(17(18)19)14(10)16-15/h2-8,16H,9,15H2,1H3. The summed E-state index contributed by atoms with van der Waals surface area (Å²) in [5, 5.41) is 11.0. The first-order valence-corrected chi connectivity index (χ1v) is 7.14. The number of benzene rings is 2. The highest BCUT2D eigenvalue weighted by Crippen LogP contribution is 2.33. The molecule has 2 aromatic carbocycles. The predicted molar refractivity (Wildman–Crippen MR) is 83.5 cm³/mol. The molecule has 21 heavy (non-hydrogen) atoms. The van der Waals surface area contributed by atoms with E-state index < -0.39 is 4.92 Å². The van der Waals surface area contributed by atoms with Crippen LogP contribution in [0.4, 0.5) is 11.4 Å². The van der Waals surface area contributed by atoms with Crippen LogP contribution in [0, 0.1) is 10.1 Å². The van der Waals surface area contributed by atoms with Crippen molar-refractivity contribution in [3.05, 3.63) is 58.1 Å². The molecule has 0 radical (unpaired) electrons. The molecule has 110 valence electrons. The van der Waals surface area contributed by atoms with E-state index in [1.165, 1.54) is 6.07 Å². The van der Waals surface area contributed by atoms with Crippen molar-refractivity contribution in [1.29, 1.82) is 0 Å². The molecule has 6 nitrogen and oxygen atoms in total. The van der Waals surface area contributed by atoms with Gasteiger partial charge in [0.1, 0.15) is 11.4 Å². The molecule has 0 atom stereocenters. The van der Waals surface area contributed by atoms with Gasteiger partial charge in [0.15, 0.2) is 0 Å². The molecule has 0 heterocycles. The van der Waals surface area contributed by atoms with E-state index in [9.17, 15) is 10.1 Å². The SMILES string of the molecule is COc1cccc(SCc2cccc([N+](=O)[O-])c2NN)c1. The van der Waals surface area contributed by atoms with Crippen molar-refractivity contribution < 1.29 is 9.66 Å². The Kier molecular flexibility index (Phi) is 5.02. The average Bonchev–Trinajstić information content (AvgIpc) is 2.52. The number of hydrogen-bond donors (Lipinski definition) is 2. The molecule has 0 bridgehead atoms. The maximum Gasteiger partial charge on any atom is 0.293 e. The quantitative estimate of drug-likeness (QED) is 0.369. The van der Waals surface area contributed by atoms with Gasteiger partial charge in [-0.3, -0.25) is 16.0 Å². The summed E-state index contributed by atoms with van der Waals surface area (Å²) < 4.78 is 5.17. The Labute approximate surface area is 126 Å². The maximum atomic E-state index is 11.0. The topological polar surface area (TPSA) is 90.4 Å². The summed E-state index contributed by atoms with van der Waals surface area (Å²) in [5.74, 6) is 6.76. The number of nitrogen functional groups attached to an aromatic ring is 1. The summed E-state index contributed by atoms with van der Waals surface area (Å²) in [5.41, 5.74) is 3.52. The van der Waals surface area contributed by atoms with Crippen LogP contribution in [-0.2, 0) is 5.75 Å². The fourth-order valence-electron chi connectivity index (χ4n) is 1.88. The minimum Gasteiger partial charge on any atom is -0.497 e. The molecule has 2 aromatic rings. The molecule has 0 aliphatic rings. The number of rotatable bonds is 6. The number of nitrogens with zero attached hydrogens (tertiary/aromatic N) is 1. The summed E-state index contributed by atoms with van der Waals surface area (Å²) in [7, 11) is 1.61. The van der Waals surface area contributed by atoms with E-state index in [0.29, 0.717) is 11.4 Å². The first-order valence-electron chi connectivity index (χ1n) is 6.15. The Balaban J connectivity index is 2.19. The van der Waals surface area contributed by atoms with Gasteiger partial charge < -0.3 is 10.2 Å². The van der Waals surface area contributed by atoms with Crippen LogP contribution in [0.3, 0.4) is 0 Å². The van der Waals surface area contributed by atoms with E-state index in [2.05, 4.69) is 5.43 Å². The first kappa shape index (κ1) is 15.1. The number of nitro groups is 1. The van der Waals surface area contributed by atoms with Gasteiger partial charge in [0.05, 0.1) is 12.0 Å². The zero-order valence-corrected chi connectivity index (χ0v) is 12.2. The molecule has 7 heteroatoms. The highest BCUT2D eigenvalue weighted by atomic mass is 32.2. The second-order valence-corrected chi connectivity index (χ2v) is 5.23. The third-order valence-electron chi connectivity index (χ3n) is 2.91. The number of thioether (sulfide) groups is 1. The van der Waals surface area contributed by atoms with E-state index in [1.807, 2.05) is 30.3 Å². The number of hydrogen-bond acceptors (Lipinski definition) is 6. The monoisotopic (exact) mass is 305 g/mol. The van der Waals surface area contributed by atoms with Crippen molar-refractivity contribution in [2.75, 3.05) is 12.5 Å². The van der Waals surface area contributed by atoms with E-state index in [0.717, 1.165) is 16.2 Å². The molecule has 0 saturated heterocycles. The second kappa shape index (κ2) is 6.96. The lowest BCUT2D eigenvalue weighted by molar-refractivity contribution is -0.384. The minimum atomic E-state index is -0.449. The van der Waals surface area contributed by atoms with Crippen LogP contribution in [0.1, 0.15) is 5.56 Å². The van der Waals surface area contributed by atoms with Gasteiger partial charge in [0.25, 0.3) is 5.69 Å². The van der Waals surface area contributed by atoms with Crippen LogP contribution in [-0.4, -0.2) is 12.0 Å². The normalized spacial score (nSPS) is 10.2. The lowest BCUT2D eigenvalue weighted by Crippen LogP contribution is -2.11. The van der Waals surface area contributed by atoms with Crippen molar-refractivity contribution in [3.63, 3.8) is 0 Å². The van der Waals surface area contributed by atoms with Crippen LogP contribution in [0.2, 0.25) is 0 Å². The van der Waals surface area contributed by atoms with E-state index in [1.54, 1.807) is 24.9 Å². The summed E-state index contributed by atoms with van der Waals surface area (Å²) >= 11 is 1.55. The molecular weight excluding hydrogens is 290 g/mol. The van der Waals surface area contributed by atoms with Crippen LogP contribution >= 0.6 is 11.8 Å². The average molecular weight is 305 g/mol. The smallest absolute Gasteiger partial charge is 0.293 e. The molecule has 0 fully saturated rings. The summed E-state index contributed by atoms with van der Waals surface area (Å²) in [6, 6.07) is 12.5. The van der Waals surface area contributed by atoms with Gasteiger partial charge in [-0.1, -0.05) is 18.2 Å². The fraction of sp³-hybridized carbons (Fsp3) is 0.143. The Bertz CT molecular complexity index is 649. The zero-order valence-electron chi connectivity index (χ0n) is 11.4. The van der Waals surface area contributed by atoms with E-state index in [-0.39, 0.29) is 5.69 Å². The third-order valence-corrected chi connectivity index (χ3v) is 3.95. The number of methoxy groups -OCH3 is 1. The van der Waals surface area contributed by atoms with Crippen molar-refractivity contribution in [1.82, 2.24) is 0 Å². The molecule has 0 saturated carbocycles. The van der Waals surface area contributed by atoms with Crippen molar-refractivity contribution in [2.45, 2.75) is 10.6 Å². The van der Waals surface area contributed by atoms with Gasteiger partial charge in [-0.05, 0) is 23.8 Å². The van der Waals surface area contributed by atoms with Gasteiger partial charge in [0, 0.05) is 16.7 Å². The van der Waals surface area contributed by atoms with Crippen molar-refractivity contribution in [2.24, 2.45) is 5.84 Å². The maximum absolute atomic E-state index is 11.0. The molecule has 2 rings (SSSR count). The molecule has 3 N–H and O–H groups in total. The van der Waals surface area contributed by atoms with Crippen LogP contribution in [0.25, 0.3) is 0 Å². The Morgan fingerprint density at radius 3 is 2.76 bits per heavy atom. The minimum absolute atomic E-state index is 0.0266. The Morgan fingerprint density at radius 1 is 1.33 bits per heavy atom. The number of nitrogens with one attached hydrogen (secondary N) is 1. The van der Waals surface area contributed by atoms with E-state index in [4.69, 9.17) is 10.6 Å². The fourth-order valence-corrected chi connectivity index (χ4v) is 2.81. The van der Waals surface area contributed by atoms with Gasteiger partial charge in [0.2, 0.25) is 0 Å². The van der Waals surface area contributed by atoms with Gasteiger partial charge in [-0.15, -0.1) is 11.8 Å². The van der Waals surface area contributed by atoms with Gasteiger partial charge in [-0.2, -0.15) is 0 Å². The first-order chi connectivity index (χ1) is 10.2. The number of nitrogens with two attached hydrogens (primary N) is 1. The van der Waals surface area contributed by atoms with E-state index >= 15 is 0 Å². The second-order valence-electron chi connectivity index (χ2n) is 4.18. The Hall–Kier alpha value is -2.25. The lowest BCUT2D eigenvalue weighted by Gasteiger charge is -2.09. The summed E-state index contributed by atoms with van der Waals surface area (Å²) in [6.45, 7) is 0. The zero-order chi connectivity index (χ0) is 15.2. The molecule has 0 aliphatic heterocycles. The molecular formula is C14H15N3O3S. The van der Waals surface area contributed by atoms with Crippen LogP contribution < -0.4 is 16.0 Å². The van der Waals surface area contributed by atoms with Gasteiger partial charge >= 0.3 is 0 Å². The van der Waals surface area contributed by atoms with Crippen molar-refractivity contribution in [3.8, 4) is 5.75 Å². The number of anilines is 1. The highest BCUT2D eigenvalue weighted by molar-refractivity contribution is 7.98. The predicted octanol–water partition coefficient (Wildman–Crippen LogP) is 3.18. The molecule has 0 unspecified atom stereocenters. The van der Waals surface area contributed by atoms with Crippen molar-refractivity contribution >= 4 is 23.1 Å². The summed E-state index contributed by atoms with van der Waals surface area (Å²) in [4.78, 5) is 11.5. The number of nitro benzene ring substituents is 1. The largest absolute Gasteiger partial charge is 0.497 e. The summed E-state index contributed by atoms with van der Waals surface area (Å²) in [6.07, 6.45) is 0. The molecule has 0 amide bonds. The molecule has 0 spiro atoms. The van der Waals surface area contributed by atoms with Crippen LogP contribution in [0.5, 0.6) is 5.75 Å². The number of hydrazine groups is 1. The molecule has 0 aromatic heterocycles. The molecule has 0 aliphatic carbocycles. The van der Waals surface area contributed by atoms with Gasteiger partial charge in [-0.25, -0.2) is 0 Å².